The van der Waals surface area contributed by atoms with Crippen LogP contribution in [0.4, 0.5) is 5.69 Å². The molecule has 0 aromatic heterocycles. The second kappa shape index (κ2) is 9.26. The highest BCUT2D eigenvalue weighted by molar-refractivity contribution is 9.10. The first-order chi connectivity index (χ1) is 17.4. The summed E-state index contributed by atoms with van der Waals surface area (Å²) < 4.78 is 17.6. The van der Waals surface area contributed by atoms with E-state index in [1.165, 1.54) is 0 Å². The number of para-hydroxylation sites is 1. The highest BCUT2D eigenvalue weighted by Gasteiger charge is 2.64. The van der Waals surface area contributed by atoms with Crippen LogP contribution in [0, 0.1) is 5.92 Å². The standard InChI is InChI=1S/C28H27BrN2O5/c1-31-15-19(17-13-22(34-2)26(36-4)23(14-17)35-3)24(25(32)16-9-11-18(29)12-10-16)28(31)20-7-5-6-8-21(20)30-27(28)33/h5-14,19,24H,15H2,1-4H3,(H,30,33). The highest BCUT2D eigenvalue weighted by atomic mass is 79.9. The van der Waals surface area contributed by atoms with Gasteiger partial charge in [0.2, 0.25) is 11.7 Å². The smallest absolute Gasteiger partial charge is 0.250 e. The van der Waals surface area contributed by atoms with Crippen LogP contribution in [0.15, 0.2) is 65.1 Å². The molecule has 7 nitrogen and oxygen atoms in total. The van der Waals surface area contributed by atoms with Crippen LogP contribution in [-0.4, -0.2) is 51.5 Å². The van der Waals surface area contributed by atoms with Gasteiger partial charge in [-0.2, -0.15) is 0 Å². The Bertz CT molecular complexity index is 1320. The molecule has 2 heterocycles. The van der Waals surface area contributed by atoms with Gasteiger partial charge in [-0.3, -0.25) is 14.5 Å². The molecular weight excluding hydrogens is 524 g/mol. The Morgan fingerprint density at radius 3 is 2.25 bits per heavy atom. The second-order valence-electron chi connectivity index (χ2n) is 9.06. The molecule has 36 heavy (non-hydrogen) atoms. The highest BCUT2D eigenvalue weighted by Crippen LogP contribution is 2.56. The molecule has 0 saturated carbocycles. The average Bonchev–Trinajstić information content (AvgIpc) is 3.37. The molecule has 5 rings (SSSR count). The van der Waals surface area contributed by atoms with Crippen LogP contribution in [0.5, 0.6) is 17.2 Å². The van der Waals surface area contributed by atoms with Gasteiger partial charge in [0.25, 0.3) is 0 Å². The largest absolute Gasteiger partial charge is 0.493 e. The molecule has 3 atom stereocenters. The van der Waals surface area contributed by atoms with Crippen molar-refractivity contribution in [3.8, 4) is 17.2 Å². The van der Waals surface area contributed by atoms with Crippen LogP contribution in [0.2, 0.25) is 0 Å². The topological polar surface area (TPSA) is 77.1 Å². The average molecular weight is 551 g/mol. The van der Waals surface area contributed by atoms with Crippen molar-refractivity contribution in [1.29, 1.82) is 0 Å². The predicted octanol–water partition coefficient (Wildman–Crippen LogP) is 4.85. The number of Topliss-reactive ketones (excluding diaryl/α,β-unsaturated/α-hetero) is 1. The number of nitrogens with one attached hydrogen (secondary N) is 1. The van der Waals surface area contributed by atoms with E-state index in [4.69, 9.17) is 14.2 Å². The number of ether oxygens (including phenoxy) is 3. The molecule has 2 aliphatic rings. The Labute approximate surface area is 218 Å². The van der Waals surface area contributed by atoms with Gasteiger partial charge in [-0.25, -0.2) is 0 Å². The fraction of sp³-hybridized carbons (Fsp3) is 0.286. The minimum atomic E-state index is -1.16. The van der Waals surface area contributed by atoms with Gasteiger partial charge >= 0.3 is 0 Å². The molecular formula is C28H27BrN2O5. The number of carbonyl (C=O) groups excluding carboxylic acids is 2. The predicted molar refractivity (Wildman–Crippen MR) is 140 cm³/mol. The van der Waals surface area contributed by atoms with E-state index < -0.39 is 11.5 Å². The van der Waals surface area contributed by atoms with Gasteiger partial charge in [0.05, 0.1) is 27.2 Å². The van der Waals surface area contributed by atoms with E-state index in [2.05, 4.69) is 21.2 Å². The number of carbonyl (C=O) groups is 2. The number of halogens is 1. The number of benzene rings is 3. The Balaban J connectivity index is 1.74. The quantitative estimate of drug-likeness (QED) is 0.442. The third kappa shape index (κ3) is 3.50. The summed E-state index contributed by atoms with van der Waals surface area (Å²) in [6.07, 6.45) is 0. The van der Waals surface area contributed by atoms with Crippen LogP contribution in [-0.2, 0) is 10.3 Å². The van der Waals surface area contributed by atoms with Crippen LogP contribution >= 0.6 is 15.9 Å². The maximum Gasteiger partial charge on any atom is 0.250 e. The van der Waals surface area contributed by atoms with Gasteiger partial charge in [-0.05, 0) is 42.9 Å². The van der Waals surface area contributed by atoms with Crippen molar-refractivity contribution in [1.82, 2.24) is 4.90 Å². The molecule has 8 heteroatoms. The van der Waals surface area contributed by atoms with Crippen LogP contribution in [0.3, 0.4) is 0 Å². The van der Waals surface area contributed by atoms with E-state index in [9.17, 15) is 9.59 Å². The number of likely N-dealkylation sites (tertiary alicyclic amines) is 1. The van der Waals surface area contributed by atoms with Gasteiger partial charge in [0.1, 0.15) is 5.54 Å². The van der Waals surface area contributed by atoms with E-state index in [-0.39, 0.29) is 17.6 Å². The molecule has 0 radical (unpaired) electrons. The number of anilines is 1. The lowest BCUT2D eigenvalue weighted by atomic mass is 9.70. The minimum absolute atomic E-state index is 0.0996. The SMILES string of the molecule is COc1cc(C2CN(C)C3(C(=O)Nc4ccccc43)C2C(=O)c2ccc(Br)cc2)cc(OC)c1OC. The van der Waals surface area contributed by atoms with Crippen LogP contribution < -0.4 is 19.5 Å². The van der Waals surface area contributed by atoms with Crippen LogP contribution in [0.25, 0.3) is 0 Å². The zero-order chi connectivity index (χ0) is 25.6. The first-order valence-corrected chi connectivity index (χ1v) is 12.4. The van der Waals surface area contributed by atoms with Crippen molar-refractivity contribution in [3.05, 3.63) is 81.8 Å². The lowest BCUT2D eigenvalue weighted by Gasteiger charge is -2.35. The van der Waals surface area contributed by atoms with E-state index in [0.717, 1.165) is 21.3 Å². The molecule has 0 bridgehead atoms. The number of nitrogens with zero attached hydrogens (tertiary/aromatic N) is 1. The Morgan fingerprint density at radius 1 is 1.00 bits per heavy atom. The van der Waals surface area contributed by atoms with Gasteiger partial charge < -0.3 is 19.5 Å². The number of methoxy groups -OCH3 is 3. The second-order valence-corrected chi connectivity index (χ2v) is 9.98. The van der Waals surface area contributed by atoms with Crippen molar-refractivity contribution < 1.29 is 23.8 Å². The maximum absolute atomic E-state index is 14.3. The third-order valence-corrected chi connectivity index (χ3v) is 7.91. The summed E-state index contributed by atoms with van der Waals surface area (Å²) in [5.74, 6) is 0.161. The summed E-state index contributed by atoms with van der Waals surface area (Å²) in [6, 6.07) is 18.6. The molecule has 1 spiro atoms. The van der Waals surface area contributed by atoms with Crippen molar-refractivity contribution in [2.24, 2.45) is 5.92 Å². The van der Waals surface area contributed by atoms with E-state index in [0.29, 0.717) is 29.4 Å². The number of amides is 1. The van der Waals surface area contributed by atoms with Crippen molar-refractivity contribution in [2.75, 3.05) is 40.2 Å². The number of fused-ring (bicyclic) bond motifs is 2. The first-order valence-electron chi connectivity index (χ1n) is 11.6. The van der Waals surface area contributed by atoms with E-state index >= 15 is 0 Å². The summed E-state index contributed by atoms with van der Waals surface area (Å²) in [6.45, 7) is 0.479. The first kappa shape index (κ1) is 24.3. The maximum atomic E-state index is 14.3. The molecule has 186 valence electrons. The van der Waals surface area contributed by atoms with Gasteiger partial charge in [0.15, 0.2) is 17.3 Å². The number of hydrogen-bond donors (Lipinski definition) is 1. The number of ketones is 1. The van der Waals surface area contributed by atoms with Crippen molar-refractivity contribution in [3.63, 3.8) is 0 Å². The summed E-state index contributed by atoms with van der Waals surface area (Å²) in [5, 5.41) is 3.03. The molecule has 1 fully saturated rings. The fourth-order valence-corrected chi connectivity index (χ4v) is 6.07. The van der Waals surface area contributed by atoms with Gasteiger partial charge in [0, 0.05) is 33.7 Å². The number of likely N-dealkylation sites (N-methyl/N-ethyl adjacent to an activating group) is 1. The lowest BCUT2D eigenvalue weighted by molar-refractivity contribution is -0.126. The molecule has 3 aromatic rings. The Hall–Kier alpha value is -3.36. The minimum Gasteiger partial charge on any atom is -0.493 e. The summed E-state index contributed by atoms with van der Waals surface area (Å²) in [4.78, 5) is 30.1. The molecule has 3 aromatic carbocycles. The number of rotatable bonds is 6. The molecule has 1 saturated heterocycles. The summed E-state index contributed by atoms with van der Waals surface area (Å²) in [7, 11) is 6.59. The summed E-state index contributed by atoms with van der Waals surface area (Å²) in [5.41, 5.74) is 1.76. The molecule has 0 aliphatic carbocycles. The van der Waals surface area contributed by atoms with Crippen molar-refractivity contribution >= 4 is 33.3 Å². The molecule has 1 N–H and O–H groups in total. The Kier molecular flexibility index (Phi) is 6.26. The monoisotopic (exact) mass is 550 g/mol. The third-order valence-electron chi connectivity index (χ3n) is 7.38. The van der Waals surface area contributed by atoms with Gasteiger partial charge in [-0.1, -0.05) is 46.3 Å². The zero-order valence-electron chi connectivity index (χ0n) is 20.5. The van der Waals surface area contributed by atoms with E-state index in [1.807, 2.05) is 60.5 Å². The normalized spacial score (nSPS) is 22.9. The molecule has 1 amide bonds. The Morgan fingerprint density at radius 2 is 1.64 bits per heavy atom. The van der Waals surface area contributed by atoms with Crippen LogP contribution in [0.1, 0.15) is 27.4 Å². The zero-order valence-corrected chi connectivity index (χ0v) is 22.1. The fourth-order valence-electron chi connectivity index (χ4n) is 5.80. The lowest BCUT2D eigenvalue weighted by Crippen LogP contribution is -2.51. The number of hydrogen-bond acceptors (Lipinski definition) is 6. The molecule has 2 aliphatic heterocycles. The molecule has 3 unspecified atom stereocenters. The summed E-state index contributed by atoms with van der Waals surface area (Å²) >= 11 is 3.45. The van der Waals surface area contributed by atoms with Gasteiger partial charge in [-0.15, -0.1) is 0 Å². The van der Waals surface area contributed by atoms with E-state index in [1.54, 1.807) is 33.5 Å². The van der Waals surface area contributed by atoms with Crippen molar-refractivity contribution in [2.45, 2.75) is 11.5 Å².